The highest BCUT2D eigenvalue weighted by Crippen LogP contribution is 2.13. The van der Waals surface area contributed by atoms with E-state index in [0.717, 1.165) is 10.2 Å². The van der Waals surface area contributed by atoms with E-state index in [-0.39, 0.29) is 17.2 Å². The van der Waals surface area contributed by atoms with E-state index in [1.807, 2.05) is 37.3 Å². The normalized spacial score (nSPS) is 12.4. The van der Waals surface area contributed by atoms with Crippen molar-refractivity contribution in [3.63, 3.8) is 0 Å². The van der Waals surface area contributed by atoms with Gasteiger partial charge in [-0.1, -0.05) is 55.5 Å². The molecule has 0 unspecified atom stereocenters. The number of carbonyl (C=O) groups excluding carboxylic acids is 1. The first kappa shape index (κ1) is 16.6. The molecule has 0 aliphatic rings. The lowest BCUT2D eigenvalue weighted by atomic mass is 10.0. The third-order valence-corrected chi connectivity index (χ3v) is 3.96. The SMILES string of the molecule is C[C@H](/C=N\NC(=O)c1nn(C)c(=O)c2ccccc12)c1ccccc1. The van der Waals surface area contributed by atoms with Gasteiger partial charge in [-0.25, -0.2) is 10.1 Å². The zero-order chi connectivity index (χ0) is 17.8. The van der Waals surface area contributed by atoms with Gasteiger partial charge in [-0.2, -0.15) is 10.2 Å². The molecular formula is C19H18N4O2. The third kappa shape index (κ3) is 3.47. The van der Waals surface area contributed by atoms with Crippen molar-refractivity contribution in [2.45, 2.75) is 12.8 Å². The topological polar surface area (TPSA) is 76.3 Å². The van der Waals surface area contributed by atoms with Crippen molar-refractivity contribution in [1.82, 2.24) is 15.2 Å². The number of hydrogen-bond donors (Lipinski definition) is 1. The van der Waals surface area contributed by atoms with Gasteiger partial charge in [0.05, 0.1) is 5.39 Å². The molecule has 126 valence electrons. The van der Waals surface area contributed by atoms with Crippen LogP contribution in [0.1, 0.15) is 28.9 Å². The highest BCUT2D eigenvalue weighted by molar-refractivity contribution is 6.04. The van der Waals surface area contributed by atoms with Crippen molar-refractivity contribution in [3.05, 3.63) is 76.2 Å². The molecule has 2 aromatic carbocycles. The van der Waals surface area contributed by atoms with Crippen LogP contribution in [0, 0.1) is 0 Å². The Hall–Kier alpha value is -3.28. The maximum absolute atomic E-state index is 12.4. The van der Waals surface area contributed by atoms with Crippen molar-refractivity contribution >= 4 is 22.9 Å². The fraction of sp³-hybridized carbons (Fsp3) is 0.158. The molecule has 25 heavy (non-hydrogen) atoms. The van der Waals surface area contributed by atoms with Gasteiger partial charge in [-0.15, -0.1) is 0 Å². The summed E-state index contributed by atoms with van der Waals surface area (Å²) in [5, 5.41) is 9.07. The molecule has 0 radical (unpaired) electrons. The predicted molar refractivity (Wildman–Crippen MR) is 97.8 cm³/mol. The van der Waals surface area contributed by atoms with Crippen LogP contribution in [0.2, 0.25) is 0 Å². The number of hydrazone groups is 1. The molecule has 6 heteroatoms. The quantitative estimate of drug-likeness (QED) is 0.588. The Morgan fingerprint density at radius 1 is 1.12 bits per heavy atom. The first-order valence-corrected chi connectivity index (χ1v) is 7.92. The number of hydrogen-bond acceptors (Lipinski definition) is 4. The average Bonchev–Trinajstić information content (AvgIpc) is 2.65. The average molecular weight is 334 g/mol. The Bertz CT molecular complexity index is 993. The molecule has 0 aliphatic carbocycles. The number of amides is 1. The van der Waals surface area contributed by atoms with Gasteiger partial charge >= 0.3 is 0 Å². The summed E-state index contributed by atoms with van der Waals surface area (Å²) in [5.41, 5.74) is 3.52. The van der Waals surface area contributed by atoms with Crippen LogP contribution in [0.4, 0.5) is 0 Å². The molecule has 1 aromatic heterocycles. The maximum atomic E-state index is 12.4. The van der Waals surface area contributed by atoms with Crippen LogP contribution < -0.4 is 11.0 Å². The van der Waals surface area contributed by atoms with E-state index in [1.165, 1.54) is 7.05 Å². The number of benzene rings is 2. The highest BCUT2D eigenvalue weighted by Gasteiger charge is 2.15. The number of rotatable bonds is 4. The number of aryl methyl sites for hydroxylation is 1. The molecule has 0 saturated heterocycles. The van der Waals surface area contributed by atoms with Gasteiger partial charge in [0.2, 0.25) is 0 Å². The van der Waals surface area contributed by atoms with E-state index in [0.29, 0.717) is 10.8 Å². The monoisotopic (exact) mass is 334 g/mol. The lowest BCUT2D eigenvalue weighted by Crippen LogP contribution is -2.27. The second kappa shape index (κ2) is 7.09. The molecule has 3 rings (SSSR count). The molecule has 0 bridgehead atoms. The molecule has 1 heterocycles. The summed E-state index contributed by atoms with van der Waals surface area (Å²) in [6, 6.07) is 16.8. The minimum absolute atomic E-state index is 0.0614. The Morgan fingerprint density at radius 2 is 1.76 bits per heavy atom. The molecule has 1 amide bonds. The van der Waals surface area contributed by atoms with Crippen LogP contribution in [-0.2, 0) is 7.05 Å². The zero-order valence-corrected chi connectivity index (χ0v) is 14.0. The number of carbonyl (C=O) groups is 1. The minimum Gasteiger partial charge on any atom is -0.267 e. The first-order valence-electron chi connectivity index (χ1n) is 7.92. The smallest absolute Gasteiger partial charge is 0.267 e. The minimum atomic E-state index is -0.455. The molecule has 1 atom stereocenters. The number of nitrogens with zero attached hydrogens (tertiary/aromatic N) is 3. The maximum Gasteiger partial charge on any atom is 0.292 e. The summed E-state index contributed by atoms with van der Waals surface area (Å²) >= 11 is 0. The van der Waals surface area contributed by atoms with Crippen LogP contribution in [0.3, 0.4) is 0 Å². The van der Waals surface area contributed by atoms with Crippen LogP contribution >= 0.6 is 0 Å². The van der Waals surface area contributed by atoms with Crippen LogP contribution in [0.5, 0.6) is 0 Å². The Kier molecular flexibility index (Phi) is 4.70. The summed E-state index contributed by atoms with van der Waals surface area (Å²) in [6.07, 6.45) is 1.66. The summed E-state index contributed by atoms with van der Waals surface area (Å²) in [7, 11) is 1.52. The highest BCUT2D eigenvalue weighted by atomic mass is 16.2. The Balaban J connectivity index is 1.83. The second-order valence-corrected chi connectivity index (χ2v) is 5.74. The first-order chi connectivity index (χ1) is 12.1. The van der Waals surface area contributed by atoms with Crippen LogP contribution in [-0.4, -0.2) is 21.9 Å². The standard InChI is InChI=1S/C19H18N4O2/c1-13(14-8-4-3-5-9-14)12-20-21-18(24)17-15-10-6-7-11-16(15)19(25)23(2)22-17/h3-13H,1-2H3,(H,21,24)/b20-12-/t13-/m1/s1. The lowest BCUT2D eigenvalue weighted by molar-refractivity contribution is 0.0949. The summed E-state index contributed by atoms with van der Waals surface area (Å²) in [4.78, 5) is 24.5. The van der Waals surface area contributed by atoms with Crippen molar-refractivity contribution < 1.29 is 4.79 Å². The zero-order valence-electron chi connectivity index (χ0n) is 14.0. The van der Waals surface area contributed by atoms with Crippen molar-refractivity contribution in [3.8, 4) is 0 Å². The summed E-state index contributed by atoms with van der Waals surface area (Å²) in [5.74, 6) is -0.394. The van der Waals surface area contributed by atoms with E-state index in [4.69, 9.17) is 0 Å². The largest absolute Gasteiger partial charge is 0.292 e. The van der Waals surface area contributed by atoms with E-state index in [1.54, 1.807) is 30.5 Å². The van der Waals surface area contributed by atoms with E-state index >= 15 is 0 Å². The predicted octanol–water partition coefficient (Wildman–Crippen LogP) is 2.45. The van der Waals surface area contributed by atoms with E-state index in [9.17, 15) is 9.59 Å². The van der Waals surface area contributed by atoms with Crippen LogP contribution in [0.15, 0.2) is 64.5 Å². The molecule has 0 spiro atoms. The summed E-state index contributed by atoms with van der Waals surface area (Å²) in [6.45, 7) is 1.99. The van der Waals surface area contributed by atoms with Crippen LogP contribution in [0.25, 0.3) is 10.8 Å². The van der Waals surface area contributed by atoms with Crippen molar-refractivity contribution in [2.24, 2.45) is 12.1 Å². The van der Waals surface area contributed by atoms with Gasteiger partial charge in [0.25, 0.3) is 11.5 Å². The van der Waals surface area contributed by atoms with Gasteiger partial charge in [0, 0.05) is 24.6 Å². The Morgan fingerprint density at radius 3 is 2.48 bits per heavy atom. The lowest BCUT2D eigenvalue weighted by Gasteiger charge is -2.07. The number of nitrogens with one attached hydrogen (secondary N) is 1. The van der Waals surface area contributed by atoms with Gasteiger partial charge in [-0.3, -0.25) is 9.59 Å². The third-order valence-electron chi connectivity index (χ3n) is 3.96. The van der Waals surface area contributed by atoms with E-state index < -0.39 is 5.91 Å². The molecule has 3 aromatic rings. The van der Waals surface area contributed by atoms with Crippen molar-refractivity contribution in [2.75, 3.05) is 0 Å². The number of fused-ring (bicyclic) bond motifs is 1. The molecule has 6 nitrogen and oxygen atoms in total. The fourth-order valence-corrected chi connectivity index (χ4v) is 2.57. The Labute approximate surface area is 144 Å². The second-order valence-electron chi connectivity index (χ2n) is 5.74. The van der Waals surface area contributed by atoms with Gasteiger partial charge in [0.15, 0.2) is 5.69 Å². The van der Waals surface area contributed by atoms with Gasteiger partial charge in [-0.05, 0) is 11.6 Å². The fourth-order valence-electron chi connectivity index (χ4n) is 2.57. The molecule has 1 N–H and O–H groups in total. The molecular weight excluding hydrogens is 316 g/mol. The van der Waals surface area contributed by atoms with E-state index in [2.05, 4.69) is 15.6 Å². The molecule has 0 aliphatic heterocycles. The van der Waals surface area contributed by atoms with Gasteiger partial charge < -0.3 is 0 Å². The summed E-state index contributed by atoms with van der Waals surface area (Å²) < 4.78 is 1.16. The van der Waals surface area contributed by atoms with Crippen molar-refractivity contribution in [1.29, 1.82) is 0 Å². The number of aromatic nitrogens is 2. The molecule has 0 fully saturated rings. The molecule has 0 saturated carbocycles. The van der Waals surface area contributed by atoms with Gasteiger partial charge in [0.1, 0.15) is 0 Å².